The number of hydrogen-bond acceptors (Lipinski definition) is 3. The molecule has 0 radical (unpaired) electrons. The summed E-state index contributed by atoms with van der Waals surface area (Å²) in [6.07, 6.45) is -1.05. The van der Waals surface area contributed by atoms with Gasteiger partial charge in [-0.2, -0.15) is 0 Å². The topological polar surface area (TPSA) is 66.5 Å². The maximum Gasteiger partial charge on any atom is 0.166 e. The molecule has 0 aliphatic rings. The van der Waals surface area contributed by atoms with Gasteiger partial charge >= 0.3 is 0 Å². The van der Waals surface area contributed by atoms with Crippen LogP contribution in [-0.2, 0) is 0 Å². The van der Waals surface area contributed by atoms with Crippen LogP contribution in [-0.4, -0.2) is 16.8 Å². The number of halogens is 2. The molecule has 0 heterocycles. The Kier molecular flexibility index (Phi) is 3.24. The number of rotatable bonds is 2. The Morgan fingerprint density at radius 2 is 2.15 bits per heavy atom. The maximum atomic E-state index is 12.9. The van der Waals surface area contributed by atoms with Gasteiger partial charge in [0.2, 0.25) is 0 Å². The van der Waals surface area contributed by atoms with Gasteiger partial charge in [0.05, 0.1) is 6.10 Å². The predicted octanol–water partition coefficient (Wildman–Crippen LogP) is 1.29. The molecule has 4 N–H and O–H groups in total. The van der Waals surface area contributed by atoms with Crippen LogP contribution in [0.2, 0.25) is 0 Å². The Labute approximate surface area is 83.1 Å². The zero-order valence-electron chi connectivity index (χ0n) is 6.67. The molecule has 0 aromatic heterocycles. The van der Waals surface area contributed by atoms with Gasteiger partial charge in [0, 0.05) is 16.6 Å². The summed E-state index contributed by atoms with van der Waals surface area (Å²) in [4.78, 5) is 0. The highest BCUT2D eigenvalue weighted by atomic mass is 79.9. The lowest BCUT2D eigenvalue weighted by Crippen LogP contribution is -2.12. The summed E-state index contributed by atoms with van der Waals surface area (Å²) in [5.41, 5.74) is 5.27. The fourth-order valence-electron chi connectivity index (χ4n) is 0.967. The van der Waals surface area contributed by atoms with Crippen LogP contribution in [0.15, 0.2) is 16.6 Å². The Hall–Kier alpha value is -0.650. The molecule has 13 heavy (non-hydrogen) atoms. The van der Waals surface area contributed by atoms with E-state index in [1.165, 1.54) is 6.07 Å². The fraction of sp³-hybridized carbons (Fsp3) is 0.250. The second kappa shape index (κ2) is 4.04. The van der Waals surface area contributed by atoms with E-state index in [1.54, 1.807) is 0 Å². The first kappa shape index (κ1) is 10.4. The average Bonchev–Trinajstić information content (AvgIpc) is 2.10. The van der Waals surface area contributed by atoms with Gasteiger partial charge in [-0.15, -0.1) is 0 Å². The normalized spacial score (nSPS) is 12.9. The highest BCUT2D eigenvalue weighted by molar-refractivity contribution is 9.10. The van der Waals surface area contributed by atoms with Crippen molar-refractivity contribution in [1.82, 2.24) is 0 Å². The van der Waals surface area contributed by atoms with E-state index in [9.17, 15) is 14.6 Å². The maximum absolute atomic E-state index is 12.9. The largest absolute Gasteiger partial charge is 0.505 e. The molecule has 1 rings (SSSR count). The average molecular weight is 250 g/mol. The van der Waals surface area contributed by atoms with Gasteiger partial charge in [-0.05, 0) is 12.1 Å². The van der Waals surface area contributed by atoms with Gasteiger partial charge in [0.1, 0.15) is 0 Å². The van der Waals surface area contributed by atoms with Gasteiger partial charge in [-0.3, -0.25) is 0 Å². The van der Waals surface area contributed by atoms with Crippen molar-refractivity contribution in [3.63, 3.8) is 0 Å². The summed E-state index contributed by atoms with van der Waals surface area (Å²) in [6, 6.07) is 2.54. The Morgan fingerprint density at radius 3 is 2.69 bits per heavy atom. The first-order valence-electron chi connectivity index (χ1n) is 3.62. The smallest absolute Gasteiger partial charge is 0.166 e. The van der Waals surface area contributed by atoms with Crippen molar-refractivity contribution in [3.05, 3.63) is 28.0 Å². The highest BCUT2D eigenvalue weighted by Gasteiger charge is 2.14. The molecule has 0 saturated heterocycles. The summed E-state index contributed by atoms with van der Waals surface area (Å²) in [7, 11) is 0. The minimum absolute atomic E-state index is 0.0660. The van der Waals surface area contributed by atoms with Crippen LogP contribution in [0.3, 0.4) is 0 Å². The van der Waals surface area contributed by atoms with Gasteiger partial charge < -0.3 is 15.9 Å². The third-order valence-electron chi connectivity index (χ3n) is 1.64. The van der Waals surface area contributed by atoms with E-state index in [-0.39, 0.29) is 12.1 Å². The number of aliphatic hydroxyl groups excluding tert-OH is 1. The molecule has 0 fully saturated rings. The van der Waals surface area contributed by atoms with Crippen molar-refractivity contribution in [2.75, 3.05) is 6.54 Å². The lowest BCUT2D eigenvalue weighted by molar-refractivity contribution is 0.181. The molecule has 5 heteroatoms. The fourth-order valence-corrected chi connectivity index (χ4v) is 1.41. The number of phenolic OH excluding ortho intramolecular Hbond substituents is 1. The summed E-state index contributed by atoms with van der Waals surface area (Å²) >= 11 is 3.04. The summed E-state index contributed by atoms with van der Waals surface area (Å²) in [6.45, 7) is -0.0660. The van der Waals surface area contributed by atoms with Crippen LogP contribution < -0.4 is 5.73 Å². The molecule has 0 aliphatic carbocycles. The van der Waals surface area contributed by atoms with Crippen molar-refractivity contribution in [2.45, 2.75) is 6.10 Å². The molecule has 72 valence electrons. The third kappa shape index (κ3) is 2.18. The molecule has 0 aliphatic heterocycles. The molecule has 1 atom stereocenters. The predicted molar refractivity (Wildman–Crippen MR) is 49.8 cm³/mol. The van der Waals surface area contributed by atoms with Crippen LogP contribution in [0.25, 0.3) is 0 Å². The molecule has 1 aromatic carbocycles. The Bertz CT molecular complexity index is 319. The zero-order valence-corrected chi connectivity index (χ0v) is 8.25. The standard InChI is InChI=1S/C8H9BrFNO2/c9-4-1-5(7(12)3-11)8(13)6(10)2-4/h1-2,7,12-13H,3,11H2. The van der Waals surface area contributed by atoms with Crippen LogP contribution in [0, 0.1) is 5.82 Å². The van der Waals surface area contributed by atoms with E-state index >= 15 is 0 Å². The molecule has 0 bridgehead atoms. The highest BCUT2D eigenvalue weighted by Crippen LogP contribution is 2.30. The minimum Gasteiger partial charge on any atom is -0.505 e. The summed E-state index contributed by atoms with van der Waals surface area (Å²) < 4.78 is 13.4. The minimum atomic E-state index is -1.05. The van der Waals surface area contributed by atoms with Crippen molar-refractivity contribution in [1.29, 1.82) is 0 Å². The number of aliphatic hydroxyl groups is 1. The van der Waals surface area contributed by atoms with Crippen molar-refractivity contribution in [2.24, 2.45) is 5.73 Å². The first-order chi connectivity index (χ1) is 6.06. The van der Waals surface area contributed by atoms with Crippen molar-refractivity contribution >= 4 is 15.9 Å². The molecule has 0 amide bonds. The summed E-state index contributed by atoms with van der Waals surface area (Å²) in [5.74, 6) is -1.34. The van der Waals surface area contributed by atoms with Gasteiger partial charge in [-0.25, -0.2) is 4.39 Å². The van der Waals surface area contributed by atoms with E-state index < -0.39 is 17.7 Å². The van der Waals surface area contributed by atoms with Gasteiger partial charge in [0.25, 0.3) is 0 Å². The number of aromatic hydroxyl groups is 1. The quantitative estimate of drug-likeness (QED) is 0.740. The van der Waals surface area contributed by atoms with Crippen molar-refractivity contribution < 1.29 is 14.6 Å². The number of hydrogen-bond donors (Lipinski definition) is 3. The van der Waals surface area contributed by atoms with E-state index in [2.05, 4.69) is 15.9 Å². The molecule has 1 unspecified atom stereocenters. The lowest BCUT2D eigenvalue weighted by Gasteiger charge is -2.10. The second-order valence-electron chi connectivity index (χ2n) is 2.58. The lowest BCUT2D eigenvalue weighted by atomic mass is 10.1. The second-order valence-corrected chi connectivity index (χ2v) is 3.49. The number of benzene rings is 1. The Morgan fingerprint density at radius 1 is 1.54 bits per heavy atom. The van der Waals surface area contributed by atoms with Crippen LogP contribution in [0.1, 0.15) is 11.7 Å². The van der Waals surface area contributed by atoms with E-state index in [1.807, 2.05) is 0 Å². The third-order valence-corrected chi connectivity index (χ3v) is 2.10. The molecular formula is C8H9BrFNO2. The molecule has 0 saturated carbocycles. The monoisotopic (exact) mass is 249 g/mol. The molecular weight excluding hydrogens is 241 g/mol. The van der Waals surface area contributed by atoms with Crippen LogP contribution in [0.4, 0.5) is 4.39 Å². The van der Waals surface area contributed by atoms with E-state index in [0.717, 1.165) is 6.07 Å². The molecule has 0 spiro atoms. The van der Waals surface area contributed by atoms with Gasteiger partial charge in [-0.1, -0.05) is 15.9 Å². The molecule has 3 nitrogen and oxygen atoms in total. The Balaban J connectivity index is 3.20. The van der Waals surface area contributed by atoms with E-state index in [4.69, 9.17) is 5.73 Å². The SMILES string of the molecule is NCC(O)c1cc(Br)cc(F)c1O. The van der Waals surface area contributed by atoms with Crippen LogP contribution in [0.5, 0.6) is 5.75 Å². The molecule has 1 aromatic rings. The van der Waals surface area contributed by atoms with E-state index in [0.29, 0.717) is 4.47 Å². The zero-order chi connectivity index (χ0) is 10.0. The van der Waals surface area contributed by atoms with Crippen LogP contribution >= 0.6 is 15.9 Å². The summed E-state index contributed by atoms with van der Waals surface area (Å²) in [5, 5.41) is 18.5. The van der Waals surface area contributed by atoms with Crippen molar-refractivity contribution in [3.8, 4) is 5.75 Å². The number of nitrogens with two attached hydrogens (primary N) is 1. The van der Waals surface area contributed by atoms with Gasteiger partial charge in [0.15, 0.2) is 11.6 Å². The first-order valence-corrected chi connectivity index (χ1v) is 4.41. The number of phenols is 1.